The van der Waals surface area contributed by atoms with E-state index in [1.807, 2.05) is 6.07 Å². The average Bonchev–Trinajstić information content (AvgIpc) is 3.52. The molecule has 1 N–H and O–H groups in total. The van der Waals surface area contributed by atoms with Crippen LogP contribution in [0, 0.1) is 6.92 Å². The summed E-state index contributed by atoms with van der Waals surface area (Å²) in [5, 5.41) is 7.84. The van der Waals surface area contributed by atoms with E-state index in [4.69, 9.17) is 9.72 Å². The smallest absolute Gasteiger partial charge is 0.339 e. The molecule has 3 aromatic rings. The van der Waals surface area contributed by atoms with Crippen LogP contribution < -0.4 is 5.32 Å². The molecule has 2 unspecified atom stereocenters. The number of ether oxygens (including phenoxy) is 1. The minimum atomic E-state index is -3.12. The van der Waals surface area contributed by atoms with E-state index in [0.29, 0.717) is 34.4 Å². The number of hydrogen-bond donors (Lipinski definition) is 1. The molecule has 2 atom stereocenters. The molecule has 5 rings (SSSR count). The van der Waals surface area contributed by atoms with Crippen LogP contribution in [-0.4, -0.2) is 52.7 Å². The van der Waals surface area contributed by atoms with Crippen molar-refractivity contribution < 1.29 is 22.7 Å². The number of carbonyl (C=O) groups excluding carboxylic acids is 2. The van der Waals surface area contributed by atoms with Gasteiger partial charge in [-0.1, -0.05) is 18.2 Å². The van der Waals surface area contributed by atoms with Crippen LogP contribution in [0.25, 0.3) is 11.0 Å². The Hall–Kier alpha value is -3.27. The highest BCUT2D eigenvalue weighted by Gasteiger charge is 2.34. The molecular weight excluding hydrogens is 456 g/mol. The molecule has 10 heteroatoms. The molecule has 0 spiro atoms. The highest BCUT2D eigenvalue weighted by Crippen LogP contribution is 2.41. The number of aryl methyl sites for hydroxylation is 1. The van der Waals surface area contributed by atoms with Crippen molar-refractivity contribution >= 4 is 38.4 Å². The van der Waals surface area contributed by atoms with Gasteiger partial charge in [0.1, 0.15) is 0 Å². The number of rotatable bonds is 6. The van der Waals surface area contributed by atoms with Gasteiger partial charge in [0.2, 0.25) is 0 Å². The summed E-state index contributed by atoms with van der Waals surface area (Å²) in [7, 11) is -3.12. The molecule has 1 aliphatic heterocycles. The minimum Gasteiger partial charge on any atom is -0.449 e. The predicted molar refractivity (Wildman–Crippen MR) is 126 cm³/mol. The van der Waals surface area contributed by atoms with Crippen LogP contribution in [0.1, 0.15) is 59.9 Å². The minimum absolute atomic E-state index is 0.00896. The molecule has 3 heterocycles. The third-order valence-corrected chi connectivity index (χ3v) is 8.07. The summed E-state index contributed by atoms with van der Waals surface area (Å²) in [6, 6.07) is 10.4. The molecule has 2 aliphatic rings. The lowest BCUT2D eigenvalue weighted by Crippen LogP contribution is -2.30. The Morgan fingerprint density at radius 2 is 1.91 bits per heavy atom. The second-order valence-corrected chi connectivity index (χ2v) is 11.3. The first-order chi connectivity index (χ1) is 16.2. The predicted octanol–water partition coefficient (Wildman–Crippen LogP) is 3.16. The van der Waals surface area contributed by atoms with Crippen LogP contribution in [0.15, 0.2) is 36.4 Å². The summed E-state index contributed by atoms with van der Waals surface area (Å²) in [5.41, 5.74) is 2.75. The van der Waals surface area contributed by atoms with Gasteiger partial charge in [0, 0.05) is 17.3 Å². The van der Waals surface area contributed by atoms with E-state index in [9.17, 15) is 18.0 Å². The number of aromatic nitrogens is 3. The highest BCUT2D eigenvalue weighted by atomic mass is 32.2. The molecule has 34 heavy (non-hydrogen) atoms. The Morgan fingerprint density at radius 1 is 1.18 bits per heavy atom. The van der Waals surface area contributed by atoms with Gasteiger partial charge >= 0.3 is 5.97 Å². The van der Waals surface area contributed by atoms with Crippen molar-refractivity contribution in [2.24, 2.45) is 0 Å². The molecule has 2 aromatic heterocycles. The maximum absolute atomic E-state index is 13.2. The molecule has 1 amide bonds. The first-order valence-corrected chi connectivity index (χ1v) is 13.2. The SMILES string of the molecule is Cc1nn(C2CCS(=O)(=O)C2)c2nc(C3CC3)cc(C(=O)OC(C)C(=O)Nc3ccccc3)c12. The van der Waals surface area contributed by atoms with Crippen LogP contribution in [0.5, 0.6) is 0 Å². The van der Waals surface area contributed by atoms with Gasteiger partial charge in [0.15, 0.2) is 21.6 Å². The topological polar surface area (TPSA) is 120 Å². The number of fused-ring (bicyclic) bond motifs is 1. The molecule has 2 fully saturated rings. The van der Waals surface area contributed by atoms with Crippen LogP contribution in [0.2, 0.25) is 0 Å². The van der Waals surface area contributed by atoms with Crippen molar-refractivity contribution in [2.75, 3.05) is 16.8 Å². The number of hydrogen-bond acceptors (Lipinski definition) is 7. The molecule has 1 saturated heterocycles. The van der Waals surface area contributed by atoms with E-state index >= 15 is 0 Å². The lowest BCUT2D eigenvalue weighted by molar-refractivity contribution is -0.123. The van der Waals surface area contributed by atoms with Gasteiger partial charge in [0.05, 0.1) is 34.2 Å². The van der Waals surface area contributed by atoms with E-state index in [1.165, 1.54) is 6.92 Å². The van der Waals surface area contributed by atoms with Crippen molar-refractivity contribution in [3.63, 3.8) is 0 Å². The standard InChI is InChI=1S/C24H26N4O5S/c1-14-21-19(24(30)33-15(2)23(29)25-17-6-4-3-5-7-17)12-20(16-8-9-16)26-22(21)28(27-14)18-10-11-34(31,32)13-18/h3-7,12,15-16,18H,8-11,13H2,1-2H3,(H,25,29). The molecular formula is C24H26N4O5S. The third kappa shape index (κ3) is 4.42. The monoisotopic (exact) mass is 482 g/mol. The normalized spacial score (nSPS) is 20.2. The molecule has 1 aromatic carbocycles. The fraction of sp³-hybridized carbons (Fsp3) is 0.417. The van der Waals surface area contributed by atoms with Gasteiger partial charge in [-0.05, 0) is 51.3 Å². The Balaban J connectivity index is 1.46. The summed E-state index contributed by atoms with van der Waals surface area (Å²) >= 11 is 0. The van der Waals surface area contributed by atoms with Crippen molar-refractivity contribution in [1.82, 2.24) is 14.8 Å². The zero-order valence-corrected chi connectivity index (χ0v) is 19.8. The lowest BCUT2D eigenvalue weighted by atomic mass is 10.1. The zero-order chi connectivity index (χ0) is 24.0. The molecule has 1 saturated carbocycles. The van der Waals surface area contributed by atoms with Gasteiger partial charge in [-0.2, -0.15) is 5.10 Å². The first kappa shape index (κ1) is 22.5. The van der Waals surface area contributed by atoms with Crippen molar-refractivity contribution in [1.29, 1.82) is 0 Å². The summed E-state index contributed by atoms with van der Waals surface area (Å²) in [6.07, 6.45) is 1.40. The number of para-hydroxylation sites is 1. The highest BCUT2D eigenvalue weighted by molar-refractivity contribution is 7.91. The number of pyridine rings is 1. The second-order valence-electron chi connectivity index (χ2n) is 9.06. The third-order valence-electron chi connectivity index (χ3n) is 6.32. The van der Waals surface area contributed by atoms with Gasteiger partial charge in [-0.15, -0.1) is 0 Å². The number of carbonyl (C=O) groups is 2. The summed E-state index contributed by atoms with van der Waals surface area (Å²) in [5.74, 6) is -0.688. The molecule has 178 valence electrons. The number of nitrogens with zero attached hydrogens (tertiary/aromatic N) is 3. The number of sulfone groups is 1. The Kier molecular flexibility index (Phi) is 5.63. The van der Waals surface area contributed by atoms with E-state index in [-0.39, 0.29) is 23.5 Å². The molecule has 1 aliphatic carbocycles. The Labute approximate surface area is 197 Å². The van der Waals surface area contributed by atoms with Crippen molar-refractivity contribution in [3.8, 4) is 0 Å². The van der Waals surface area contributed by atoms with Gasteiger partial charge in [-0.3, -0.25) is 4.79 Å². The number of amides is 1. The van der Waals surface area contributed by atoms with Crippen LogP contribution in [-0.2, 0) is 19.4 Å². The van der Waals surface area contributed by atoms with Gasteiger partial charge in [-0.25, -0.2) is 22.9 Å². The van der Waals surface area contributed by atoms with E-state index in [1.54, 1.807) is 41.9 Å². The Bertz CT molecular complexity index is 1380. The summed E-state index contributed by atoms with van der Waals surface area (Å²) in [6.45, 7) is 3.29. The number of esters is 1. The van der Waals surface area contributed by atoms with Crippen LogP contribution >= 0.6 is 0 Å². The average molecular weight is 483 g/mol. The largest absolute Gasteiger partial charge is 0.449 e. The lowest BCUT2D eigenvalue weighted by Gasteiger charge is -2.15. The molecule has 9 nitrogen and oxygen atoms in total. The van der Waals surface area contributed by atoms with Crippen LogP contribution in [0.4, 0.5) is 5.69 Å². The quantitative estimate of drug-likeness (QED) is 0.536. The van der Waals surface area contributed by atoms with Crippen molar-refractivity contribution in [3.05, 3.63) is 53.3 Å². The van der Waals surface area contributed by atoms with Gasteiger partial charge in [0.25, 0.3) is 5.91 Å². The van der Waals surface area contributed by atoms with Crippen molar-refractivity contribution in [2.45, 2.75) is 51.2 Å². The number of benzene rings is 1. The van der Waals surface area contributed by atoms with Gasteiger partial charge < -0.3 is 10.1 Å². The van der Waals surface area contributed by atoms with Crippen LogP contribution in [0.3, 0.4) is 0 Å². The van der Waals surface area contributed by atoms with E-state index in [2.05, 4.69) is 10.4 Å². The van der Waals surface area contributed by atoms with E-state index < -0.39 is 27.8 Å². The van der Waals surface area contributed by atoms with E-state index in [0.717, 1.165) is 18.5 Å². The number of nitrogens with one attached hydrogen (secondary N) is 1. The second kappa shape index (κ2) is 8.50. The maximum Gasteiger partial charge on any atom is 0.339 e. The maximum atomic E-state index is 13.2. The number of anilines is 1. The summed E-state index contributed by atoms with van der Waals surface area (Å²) in [4.78, 5) is 30.6. The molecule has 0 bridgehead atoms. The first-order valence-electron chi connectivity index (χ1n) is 11.4. The summed E-state index contributed by atoms with van der Waals surface area (Å²) < 4.78 is 31.3. The fourth-order valence-corrected chi connectivity index (χ4v) is 6.04. The Morgan fingerprint density at radius 3 is 2.56 bits per heavy atom. The fourth-order valence-electron chi connectivity index (χ4n) is 4.35. The zero-order valence-electron chi connectivity index (χ0n) is 19.0. The molecule has 0 radical (unpaired) electrons.